The minimum absolute atomic E-state index is 0.100. The molecule has 2 heterocycles. The van der Waals surface area contributed by atoms with Gasteiger partial charge in [-0.25, -0.2) is 0 Å². The molecular weight excluding hydrogens is 364 g/mol. The fraction of sp³-hybridized carbons (Fsp3) is 0.667. The van der Waals surface area contributed by atoms with E-state index in [9.17, 15) is 4.79 Å². The summed E-state index contributed by atoms with van der Waals surface area (Å²) < 4.78 is 9.34. The summed E-state index contributed by atoms with van der Waals surface area (Å²) >= 11 is 1.40. The first-order valence-electron chi connectivity index (χ1n) is 9.34. The third-order valence-corrected chi connectivity index (χ3v) is 5.14. The largest absolute Gasteiger partial charge is 0.476 e. The Hall–Kier alpha value is -2.03. The molecule has 0 unspecified atom stereocenters. The van der Waals surface area contributed by atoms with Crippen molar-refractivity contribution < 1.29 is 9.53 Å². The van der Waals surface area contributed by atoms with Gasteiger partial charge in [0.05, 0.1) is 12.4 Å². The van der Waals surface area contributed by atoms with Gasteiger partial charge in [-0.15, -0.1) is 15.3 Å². The van der Waals surface area contributed by atoms with E-state index in [2.05, 4.69) is 15.3 Å². The first-order valence-corrected chi connectivity index (χ1v) is 10.3. The van der Waals surface area contributed by atoms with Crippen molar-refractivity contribution in [2.24, 2.45) is 7.05 Å². The number of nitrogens with zero attached hydrogens (tertiary/aromatic N) is 6. The molecule has 0 fully saturated rings. The predicted molar refractivity (Wildman–Crippen MR) is 107 cm³/mol. The minimum atomic E-state index is 0.100. The number of aryl methyl sites for hydroxylation is 1. The van der Waals surface area contributed by atoms with Gasteiger partial charge >= 0.3 is 0 Å². The highest BCUT2D eigenvalue weighted by molar-refractivity contribution is 7.99. The molecule has 0 N–H and O–H groups in total. The monoisotopic (exact) mass is 394 g/mol. The van der Waals surface area contributed by atoms with E-state index in [4.69, 9.17) is 4.74 Å². The van der Waals surface area contributed by atoms with E-state index < -0.39 is 0 Å². The Bertz CT molecular complexity index is 760. The van der Waals surface area contributed by atoms with Crippen LogP contribution in [0.4, 0.5) is 0 Å². The van der Waals surface area contributed by atoms with Gasteiger partial charge in [0.15, 0.2) is 11.0 Å². The predicted octanol–water partition coefficient (Wildman–Crippen LogP) is 2.83. The zero-order chi connectivity index (χ0) is 20.1. The molecule has 0 aromatic carbocycles. The molecular formula is C18H30N6O2S. The zero-order valence-electron chi connectivity index (χ0n) is 17.3. The summed E-state index contributed by atoms with van der Waals surface area (Å²) in [5.41, 5.74) is 0.804. The average Bonchev–Trinajstić information content (AvgIpc) is 3.16. The molecule has 0 aliphatic rings. The van der Waals surface area contributed by atoms with Gasteiger partial charge in [0.1, 0.15) is 5.56 Å². The van der Waals surface area contributed by atoms with Crippen LogP contribution in [0.25, 0.3) is 11.4 Å². The smallest absolute Gasteiger partial charge is 0.243 e. The topological polar surface area (TPSA) is 78.1 Å². The molecule has 8 nitrogen and oxygen atoms in total. The maximum atomic E-state index is 12.6. The molecule has 150 valence electrons. The Morgan fingerprint density at radius 2 is 1.89 bits per heavy atom. The maximum absolute atomic E-state index is 12.6. The maximum Gasteiger partial charge on any atom is 0.243 e. The number of carbonyl (C=O) groups is 1. The molecule has 0 atom stereocenters. The molecule has 0 spiro atoms. The lowest BCUT2D eigenvalue weighted by molar-refractivity contribution is -0.131. The molecule has 0 bridgehead atoms. The standard InChI is InChI=1S/C18H30N6O2S/c1-8-23-10-14(17(21-23)26-9-2)16-19-20-18(22(16)7)27-11-15(25)24(12(3)4)13(5)6/h10,12-13H,8-9,11H2,1-7H3. The molecule has 0 saturated heterocycles. The lowest BCUT2D eigenvalue weighted by Crippen LogP contribution is -2.43. The summed E-state index contributed by atoms with van der Waals surface area (Å²) in [6, 6.07) is 0.337. The molecule has 9 heteroatoms. The second kappa shape index (κ2) is 9.25. The van der Waals surface area contributed by atoms with Gasteiger partial charge in [0.2, 0.25) is 11.8 Å². The molecule has 0 aliphatic carbocycles. The first-order chi connectivity index (χ1) is 12.8. The van der Waals surface area contributed by atoms with Gasteiger partial charge in [0, 0.05) is 31.9 Å². The zero-order valence-corrected chi connectivity index (χ0v) is 18.1. The highest BCUT2D eigenvalue weighted by Crippen LogP contribution is 2.29. The molecule has 2 aromatic heterocycles. The van der Waals surface area contributed by atoms with Crippen molar-refractivity contribution in [3.05, 3.63) is 6.20 Å². The summed E-state index contributed by atoms with van der Waals surface area (Å²) in [6.45, 7) is 13.3. The summed E-state index contributed by atoms with van der Waals surface area (Å²) in [7, 11) is 1.89. The second-order valence-corrected chi connectivity index (χ2v) is 7.72. The molecule has 0 radical (unpaired) electrons. The Morgan fingerprint density at radius 1 is 1.22 bits per heavy atom. The number of thioether (sulfide) groups is 1. The van der Waals surface area contributed by atoms with Gasteiger partial charge in [-0.05, 0) is 41.5 Å². The van der Waals surface area contributed by atoms with Gasteiger partial charge in [0.25, 0.3) is 0 Å². The van der Waals surface area contributed by atoms with E-state index in [1.807, 2.05) is 68.9 Å². The van der Waals surface area contributed by atoms with E-state index in [1.54, 1.807) is 0 Å². The van der Waals surface area contributed by atoms with E-state index >= 15 is 0 Å². The Balaban J connectivity index is 2.18. The van der Waals surface area contributed by atoms with Gasteiger partial charge < -0.3 is 14.2 Å². The number of hydrogen-bond donors (Lipinski definition) is 0. The summed E-state index contributed by atoms with van der Waals surface area (Å²) in [6.07, 6.45) is 1.91. The summed E-state index contributed by atoms with van der Waals surface area (Å²) in [5, 5.41) is 13.7. The van der Waals surface area contributed by atoms with Crippen molar-refractivity contribution in [2.45, 2.75) is 65.3 Å². The van der Waals surface area contributed by atoms with Crippen LogP contribution in [-0.2, 0) is 18.4 Å². The first kappa shape index (κ1) is 21.3. The van der Waals surface area contributed by atoms with Crippen LogP contribution in [-0.4, -0.2) is 59.8 Å². The van der Waals surface area contributed by atoms with E-state index in [1.165, 1.54) is 11.8 Å². The van der Waals surface area contributed by atoms with Crippen LogP contribution < -0.4 is 4.74 Å². The van der Waals surface area contributed by atoms with Crippen LogP contribution in [0.5, 0.6) is 5.88 Å². The van der Waals surface area contributed by atoms with Crippen LogP contribution in [0.1, 0.15) is 41.5 Å². The highest BCUT2D eigenvalue weighted by atomic mass is 32.2. The molecule has 2 aromatic rings. The van der Waals surface area contributed by atoms with Crippen molar-refractivity contribution in [1.29, 1.82) is 0 Å². The number of aromatic nitrogens is 5. The Labute approximate surface area is 165 Å². The van der Waals surface area contributed by atoms with Gasteiger partial charge in [-0.3, -0.25) is 9.48 Å². The number of hydrogen-bond acceptors (Lipinski definition) is 6. The SMILES string of the molecule is CCOc1nn(CC)cc1-c1nnc(SCC(=O)N(C(C)C)C(C)C)n1C. The van der Waals surface area contributed by atoms with Crippen molar-refractivity contribution in [3.63, 3.8) is 0 Å². The van der Waals surface area contributed by atoms with Crippen LogP contribution in [0.2, 0.25) is 0 Å². The lowest BCUT2D eigenvalue weighted by Gasteiger charge is -2.30. The molecule has 0 aliphatic heterocycles. The van der Waals surface area contributed by atoms with E-state index in [0.29, 0.717) is 29.2 Å². The molecule has 1 amide bonds. The van der Waals surface area contributed by atoms with Gasteiger partial charge in [-0.1, -0.05) is 11.8 Å². The number of ether oxygens (including phenoxy) is 1. The minimum Gasteiger partial charge on any atom is -0.476 e. The summed E-state index contributed by atoms with van der Waals surface area (Å²) in [5.74, 6) is 1.66. The fourth-order valence-electron chi connectivity index (χ4n) is 3.01. The average molecular weight is 395 g/mol. The normalized spacial score (nSPS) is 11.4. The van der Waals surface area contributed by atoms with Crippen molar-refractivity contribution in [1.82, 2.24) is 29.4 Å². The fourth-order valence-corrected chi connectivity index (χ4v) is 3.79. The quantitative estimate of drug-likeness (QED) is 0.609. The van der Waals surface area contributed by atoms with Crippen LogP contribution >= 0.6 is 11.8 Å². The van der Waals surface area contributed by atoms with Crippen molar-refractivity contribution in [3.8, 4) is 17.3 Å². The van der Waals surface area contributed by atoms with Crippen LogP contribution in [0.15, 0.2) is 11.4 Å². The Morgan fingerprint density at radius 3 is 2.44 bits per heavy atom. The number of carbonyl (C=O) groups excluding carboxylic acids is 1. The summed E-state index contributed by atoms with van der Waals surface area (Å²) in [4.78, 5) is 14.5. The highest BCUT2D eigenvalue weighted by Gasteiger charge is 2.23. The Kier molecular flexibility index (Phi) is 7.29. The lowest BCUT2D eigenvalue weighted by atomic mass is 10.2. The third kappa shape index (κ3) is 4.82. The van der Waals surface area contributed by atoms with E-state index in [-0.39, 0.29) is 18.0 Å². The third-order valence-electron chi connectivity index (χ3n) is 4.13. The number of rotatable bonds is 9. The second-order valence-electron chi connectivity index (χ2n) is 6.78. The van der Waals surface area contributed by atoms with Crippen LogP contribution in [0.3, 0.4) is 0 Å². The van der Waals surface area contributed by atoms with E-state index in [0.717, 1.165) is 12.1 Å². The van der Waals surface area contributed by atoms with Crippen molar-refractivity contribution >= 4 is 17.7 Å². The van der Waals surface area contributed by atoms with Gasteiger partial charge in [-0.2, -0.15) is 0 Å². The van der Waals surface area contributed by atoms with Crippen LogP contribution in [0, 0.1) is 0 Å². The molecule has 2 rings (SSSR count). The molecule has 27 heavy (non-hydrogen) atoms. The van der Waals surface area contributed by atoms with Crippen molar-refractivity contribution in [2.75, 3.05) is 12.4 Å². The number of amides is 1. The molecule has 0 saturated carbocycles.